The van der Waals surface area contributed by atoms with Crippen molar-refractivity contribution in [2.75, 3.05) is 13.1 Å². The van der Waals surface area contributed by atoms with Gasteiger partial charge >= 0.3 is 0 Å². The fourth-order valence-electron chi connectivity index (χ4n) is 3.36. The zero-order valence-electron chi connectivity index (χ0n) is 15.8. The van der Waals surface area contributed by atoms with Gasteiger partial charge in [0.1, 0.15) is 11.8 Å². The van der Waals surface area contributed by atoms with Gasteiger partial charge in [0.05, 0.1) is 18.8 Å². The van der Waals surface area contributed by atoms with Crippen molar-refractivity contribution in [2.45, 2.75) is 33.0 Å². The zero-order valence-corrected chi connectivity index (χ0v) is 15.8. The standard InChI is InChI=1S/C21H24N4O2/c1-21(2,3)18-13-25(12-17(27-18)14-7-5-4-6-8-14)20(26)16-10-9-15-11-22-24-19(15)23-16/h4-11,17-18H,12-13H2,1-3H3,(H,22,23,24)/t17-,18+/m0/s1. The van der Waals surface area contributed by atoms with Crippen molar-refractivity contribution in [1.82, 2.24) is 20.1 Å². The monoisotopic (exact) mass is 364 g/mol. The van der Waals surface area contributed by atoms with Crippen LogP contribution >= 0.6 is 0 Å². The van der Waals surface area contributed by atoms with Crippen LogP contribution in [0.5, 0.6) is 0 Å². The van der Waals surface area contributed by atoms with E-state index in [1.165, 1.54) is 0 Å². The second kappa shape index (κ2) is 6.78. The third kappa shape index (κ3) is 3.57. The van der Waals surface area contributed by atoms with Gasteiger partial charge in [-0.1, -0.05) is 51.1 Å². The van der Waals surface area contributed by atoms with Crippen LogP contribution in [0.1, 0.15) is 42.9 Å². The Labute approximate surface area is 158 Å². The molecule has 1 N–H and O–H groups in total. The molecule has 1 aliphatic heterocycles. The summed E-state index contributed by atoms with van der Waals surface area (Å²) in [4.78, 5) is 19.5. The number of ether oxygens (including phenoxy) is 1. The van der Waals surface area contributed by atoms with Crippen LogP contribution in [-0.4, -0.2) is 45.2 Å². The Morgan fingerprint density at radius 2 is 1.93 bits per heavy atom. The number of nitrogens with one attached hydrogen (secondary N) is 1. The van der Waals surface area contributed by atoms with E-state index in [4.69, 9.17) is 4.74 Å². The number of hydrogen-bond acceptors (Lipinski definition) is 4. The van der Waals surface area contributed by atoms with E-state index in [9.17, 15) is 4.79 Å². The van der Waals surface area contributed by atoms with Gasteiger partial charge in [0.2, 0.25) is 0 Å². The summed E-state index contributed by atoms with van der Waals surface area (Å²) in [7, 11) is 0. The molecule has 6 heteroatoms. The second-order valence-corrected chi connectivity index (χ2v) is 8.10. The van der Waals surface area contributed by atoms with E-state index in [0.717, 1.165) is 10.9 Å². The van der Waals surface area contributed by atoms with Crippen LogP contribution in [0, 0.1) is 5.41 Å². The number of aromatic nitrogens is 3. The highest BCUT2D eigenvalue weighted by atomic mass is 16.5. The maximum absolute atomic E-state index is 13.2. The van der Waals surface area contributed by atoms with Gasteiger partial charge in [-0.2, -0.15) is 5.10 Å². The number of carbonyl (C=O) groups is 1. The first kappa shape index (κ1) is 17.7. The maximum Gasteiger partial charge on any atom is 0.272 e. The van der Waals surface area contributed by atoms with Crippen LogP contribution in [-0.2, 0) is 4.74 Å². The first-order chi connectivity index (χ1) is 12.9. The van der Waals surface area contributed by atoms with E-state index in [-0.39, 0.29) is 23.5 Å². The van der Waals surface area contributed by atoms with E-state index in [0.29, 0.717) is 24.4 Å². The normalized spacial score (nSPS) is 20.8. The van der Waals surface area contributed by atoms with E-state index >= 15 is 0 Å². The molecule has 2 aromatic heterocycles. The summed E-state index contributed by atoms with van der Waals surface area (Å²) in [6.07, 6.45) is 1.49. The van der Waals surface area contributed by atoms with Gasteiger partial charge in [-0.25, -0.2) is 4.98 Å². The molecule has 1 aromatic carbocycles. The fourth-order valence-corrected chi connectivity index (χ4v) is 3.36. The lowest BCUT2D eigenvalue weighted by Crippen LogP contribution is -2.51. The summed E-state index contributed by atoms with van der Waals surface area (Å²) in [5.74, 6) is -0.0787. The van der Waals surface area contributed by atoms with Crippen molar-refractivity contribution >= 4 is 16.9 Å². The van der Waals surface area contributed by atoms with Crippen LogP contribution in [0.25, 0.3) is 11.0 Å². The SMILES string of the molecule is CC(C)(C)[C@H]1CN(C(=O)c2ccc3cn[nH]c3n2)C[C@@H](c2ccccc2)O1. The highest BCUT2D eigenvalue weighted by Gasteiger charge is 2.38. The Morgan fingerprint density at radius 1 is 1.15 bits per heavy atom. The zero-order chi connectivity index (χ0) is 19.0. The molecule has 140 valence electrons. The van der Waals surface area contributed by atoms with Crippen LogP contribution in [0.4, 0.5) is 0 Å². The van der Waals surface area contributed by atoms with Crippen LogP contribution < -0.4 is 0 Å². The molecule has 1 fully saturated rings. The first-order valence-corrected chi connectivity index (χ1v) is 9.21. The molecule has 3 aromatic rings. The minimum atomic E-state index is -0.149. The predicted octanol–water partition coefficient (Wildman–Crippen LogP) is 3.59. The van der Waals surface area contributed by atoms with Crippen molar-refractivity contribution in [3.8, 4) is 0 Å². The molecule has 3 heterocycles. The molecular weight excluding hydrogens is 340 g/mol. The van der Waals surface area contributed by atoms with Gasteiger partial charge in [0.15, 0.2) is 5.65 Å². The number of pyridine rings is 1. The highest BCUT2D eigenvalue weighted by molar-refractivity contribution is 5.94. The second-order valence-electron chi connectivity index (χ2n) is 8.10. The quantitative estimate of drug-likeness (QED) is 0.754. The molecule has 4 rings (SSSR count). The van der Waals surface area contributed by atoms with Crippen molar-refractivity contribution in [1.29, 1.82) is 0 Å². The van der Waals surface area contributed by atoms with Crippen molar-refractivity contribution in [3.63, 3.8) is 0 Å². The lowest BCUT2D eigenvalue weighted by atomic mass is 9.87. The summed E-state index contributed by atoms with van der Waals surface area (Å²) >= 11 is 0. The van der Waals surface area contributed by atoms with E-state index in [1.54, 1.807) is 12.3 Å². The highest BCUT2D eigenvalue weighted by Crippen LogP contribution is 2.34. The molecule has 0 radical (unpaired) electrons. The topological polar surface area (TPSA) is 71.1 Å². The molecule has 1 saturated heterocycles. The lowest BCUT2D eigenvalue weighted by Gasteiger charge is -2.43. The Kier molecular flexibility index (Phi) is 4.44. The molecular formula is C21H24N4O2. The first-order valence-electron chi connectivity index (χ1n) is 9.21. The van der Waals surface area contributed by atoms with Gasteiger partial charge in [-0.3, -0.25) is 9.89 Å². The molecule has 1 amide bonds. The Balaban J connectivity index is 1.64. The smallest absolute Gasteiger partial charge is 0.272 e. The van der Waals surface area contributed by atoms with Gasteiger partial charge in [-0.05, 0) is 23.1 Å². The molecule has 0 unspecified atom stereocenters. The summed E-state index contributed by atoms with van der Waals surface area (Å²) in [5.41, 5.74) is 2.06. The number of amides is 1. The molecule has 0 aliphatic carbocycles. The molecule has 0 saturated carbocycles. The van der Waals surface area contributed by atoms with Crippen molar-refractivity contribution in [2.24, 2.45) is 5.41 Å². The third-order valence-electron chi connectivity index (χ3n) is 5.05. The Hall–Kier alpha value is -2.73. The average Bonchev–Trinajstić information content (AvgIpc) is 3.15. The molecule has 2 atom stereocenters. The van der Waals surface area contributed by atoms with E-state index < -0.39 is 0 Å². The Bertz CT molecular complexity index is 945. The lowest BCUT2D eigenvalue weighted by molar-refractivity contribution is -0.119. The van der Waals surface area contributed by atoms with Crippen LogP contribution in [0.15, 0.2) is 48.7 Å². The number of nitrogens with zero attached hydrogens (tertiary/aromatic N) is 3. The summed E-state index contributed by atoms with van der Waals surface area (Å²) < 4.78 is 6.38. The summed E-state index contributed by atoms with van der Waals surface area (Å²) in [6, 6.07) is 13.7. The van der Waals surface area contributed by atoms with Gasteiger partial charge in [-0.15, -0.1) is 0 Å². The number of benzene rings is 1. The Morgan fingerprint density at radius 3 is 2.67 bits per heavy atom. The number of aromatic amines is 1. The number of hydrogen-bond donors (Lipinski definition) is 1. The predicted molar refractivity (Wildman–Crippen MR) is 103 cm³/mol. The van der Waals surface area contributed by atoms with Crippen molar-refractivity contribution in [3.05, 3.63) is 59.9 Å². The maximum atomic E-state index is 13.2. The largest absolute Gasteiger partial charge is 0.366 e. The molecule has 1 aliphatic rings. The van der Waals surface area contributed by atoms with E-state index in [1.807, 2.05) is 41.3 Å². The fraction of sp³-hybridized carbons (Fsp3) is 0.381. The van der Waals surface area contributed by atoms with Crippen LogP contribution in [0.3, 0.4) is 0 Å². The minimum absolute atomic E-state index is 0.0590. The number of H-pyrrole nitrogens is 1. The summed E-state index contributed by atoms with van der Waals surface area (Å²) in [6.45, 7) is 7.49. The number of morpholine rings is 1. The molecule has 27 heavy (non-hydrogen) atoms. The van der Waals surface area contributed by atoms with Crippen LogP contribution in [0.2, 0.25) is 0 Å². The van der Waals surface area contributed by atoms with Gasteiger partial charge in [0, 0.05) is 11.9 Å². The molecule has 0 spiro atoms. The number of rotatable bonds is 2. The third-order valence-corrected chi connectivity index (χ3v) is 5.05. The van der Waals surface area contributed by atoms with Crippen molar-refractivity contribution < 1.29 is 9.53 Å². The molecule has 6 nitrogen and oxygen atoms in total. The molecule has 0 bridgehead atoms. The number of fused-ring (bicyclic) bond motifs is 1. The minimum Gasteiger partial charge on any atom is -0.366 e. The average molecular weight is 364 g/mol. The van der Waals surface area contributed by atoms with Gasteiger partial charge in [0.25, 0.3) is 5.91 Å². The van der Waals surface area contributed by atoms with E-state index in [2.05, 4.69) is 36.0 Å². The van der Waals surface area contributed by atoms with Gasteiger partial charge < -0.3 is 9.64 Å². The summed E-state index contributed by atoms with van der Waals surface area (Å²) in [5, 5.41) is 7.70. The number of carbonyl (C=O) groups excluding carboxylic acids is 1.